The van der Waals surface area contributed by atoms with Crippen LogP contribution in [0.15, 0.2) is 17.5 Å². The molecule has 0 aromatic carbocycles. The van der Waals surface area contributed by atoms with Crippen LogP contribution in [0.3, 0.4) is 0 Å². The lowest BCUT2D eigenvalue weighted by molar-refractivity contribution is -0.141. The fourth-order valence-electron chi connectivity index (χ4n) is 1.31. The Bertz CT molecular complexity index is 564. The van der Waals surface area contributed by atoms with Crippen molar-refractivity contribution < 1.29 is 27.5 Å². The topological polar surface area (TPSA) is 68.3 Å². The molecule has 0 fully saturated rings. The summed E-state index contributed by atoms with van der Waals surface area (Å²) < 4.78 is 41.8. The van der Waals surface area contributed by atoms with Crippen molar-refractivity contribution in [3.8, 4) is 0 Å². The number of nitrogens with zero attached hydrogens (tertiary/aromatic N) is 1. The lowest BCUT2D eigenvalue weighted by Crippen LogP contribution is -2.40. The Hall–Kier alpha value is -1.90. The quantitative estimate of drug-likeness (QED) is 0.682. The molecule has 1 aromatic heterocycles. The van der Waals surface area contributed by atoms with Crippen LogP contribution in [-0.2, 0) is 26.0 Å². The molecule has 1 N–H and O–H groups in total. The Kier molecular flexibility index (Phi) is 5.10. The van der Waals surface area contributed by atoms with Gasteiger partial charge < -0.3 is 10.1 Å². The first-order valence-corrected chi connectivity index (χ1v) is 6.55. The number of aromatic nitrogens is 1. The Morgan fingerprint density at radius 2 is 1.95 bits per heavy atom. The zero-order valence-corrected chi connectivity index (χ0v) is 12.3. The minimum absolute atomic E-state index is 0.106. The molecule has 116 valence electrons. The highest BCUT2D eigenvalue weighted by molar-refractivity contribution is 7.09. The minimum Gasteiger partial charge on any atom is -0.466 e. The van der Waals surface area contributed by atoms with Gasteiger partial charge in [0.1, 0.15) is 5.01 Å². The van der Waals surface area contributed by atoms with Gasteiger partial charge in [-0.15, -0.1) is 11.3 Å². The average Bonchev–Trinajstić information content (AvgIpc) is 2.85. The zero-order valence-electron chi connectivity index (χ0n) is 11.4. The molecule has 1 amide bonds. The molecule has 0 saturated carbocycles. The van der Waals surface area contributed by atoms with Crippen LogP contribution in [0.5, 0.6) is 0 Å². The number of hydrogen-bond donors (Lipinski definition) is 1. The smallest absolute Gasteiger partial charge is 0.434 e. The number of methoxy groups -OCH3 is 1. The summed E-state index contributed by atoms with van der Waals surface area (Å²) in [6.45, 7) is 3.02. The van der Waals surface area contributed by atoms with Crippen LogP contribution in [0.2, 0.25) is 0 Å². The van der Waals surface area contributed by atoms with Crippen LogP contribution in [0.4, 0.5) is 13.2 Å². The molecule has 9 heteroatoms. The highest BCUT2D eigenvalue weighted by Crippen LogP contribution is 2.33. The second kappa shape index (κ2) is 6.25. The summed E-state index contributed by atoms with van der Waals surface area (Å²) >= 11 is 0.793. The van der Waals surface area contributed by atoms with Gasteiger partial charge in [-0.25, -0.2) is 9.78 Å². The van der Waals surface area contributed by atoms with Crippen LogP contribution in [0.25, 0.3) is 0 Å². The van der Waals surface area contributed by atoms with Gasteiger partial charge in [0.05, 0.1) is 12.6 Å². The largest absolute Gasteiger partial charge is 0.466 e. The van der Waals surface area contributed by atoms with Gasteiger partial charge in [0, 0.05) is 17.5 Å². The molecule has 1 heterocycles. The summed E-state index contributed by atoms with van der Waals surface area (Å²) in [7, 11) is 1.16. The number of halogens is 3. The van der Waals surface area contributed by atoms with Gasteiger partial charge in [-0.05, 0) is 13.8 Å². The van der Waals surface area contributed by atoms with E-state index < -0.39 is 29.3 Å². The summed E-state index contributed by atoms with van der Waals surface area (Å²) in [6, 6.07) is 0. The molecule has 5 nitrogen and oxygen atoms in total. The maximum Gasteiger partial charge on any atom is 0.434 e. The maximum atomic E-state index is 12.5. The van der Waals surface area contributed by atoms with Gasteiger partial charge >= 0.3 is 12.1 Å². The van der Waals surface area contributed by atoms with E-state index in [0.29, 0.717) is 0 Å². The van der Waals surface area contributed by atoms with E-state index in [1.54, 1.807) is 0 Å². The molecule has 0 spiro atoms. The number of carbonyl (C=O) groups excluding carboxylic acids is 2. The summed E-state index contributed by atoms with van der Waals surface area (Å²) in [5.74, 6) is -1.36. The number of amides is 1. The first-order valence-electron chi connectivity index (χ1n) is 5.67. The molecule has 0 atom stereocenters. The Morgan fingerprint density at radius 1 is 1.33 bits per heavy atom. The highest BCUT2D eigenvalue weighted by Gasteiger charge is 2.36. The molecule has 0 radical (unpaired) electrons. The van der Waals surface area contributed by atoms with E-state index in [0.717, 1.165) is 36.0 Å². The number of carbonyl (C=O) groups is 2. The first-order chi connectivity index (χ1) is 9.56. The number of rotatable bonds is 4. The van der Waals surface area contributed by atoms with Crippen LogP contribution in [0, 0.1) is 0 Å². The molecule has 1 rings (SSSR count). The third-order valence-electron chi connectivity index (χ3n) is 2.34. The Morgan fingerprint density at radius 3 is 2.43 bits per heavy atom. The van der Waals surface area contributed by atoms with E-state index in [4.69, 9.17) is 0 Å². The third kappa shape index (κ3) is 4.85. The number of thiazole rings is 1. The summed E-state index contributed by atoms with van der Waals surface area (Å²) in [5, 5.41) is 3.45. The standard InChI is InChI=1S/C12H13F3N2O3S/c1-11(2,17-8(18)4-5-9(19)20-3)10-16-7(6-21-10)12(13,14)15/h4-6H,1-3H3,(H,17,18)/b5-4+. The lowest BCUT2D eigenvalue weighted by Gasteiger charge is -2.22. The van der Waals surface area contributed by atoms with Crippen LogP contribution < -0.4 is 5.32 Å². The van der Waals surface area contributed by atoms with E-state index in [1.807, 2.05) is 0 Å². The Labute approximate surface area is 122 Å². The molecule has 0 aliphatic rings. The SMILES string of the molecule is COC(=O)/C=C/C(=O)NC(C)(C)c1nc(C(F)(F)F)cs1. The third-order valence-corrected chi connectivity index (χ3v) is 3.50. The Balaban J connectivity index is 2.82. The van der Waals surface area contributed by atoms with Gasteiger partial charge in [0.25, 0.3) is 0 Å². The molecule has 0 unspecified atom stereocenters. The van der Waals surface area contributed by atoms with Crippen molar-refractivity contribution in [2.75, 3.05) is 7.11 Å². The van der Waals surface area contributed by atoms with Crippen LogP contribution in [-0.4, -0.2) is 24.0 Å². The fourth-order valence-corrected chi connectivity index (χ4v) is 2.21. The maximum absolute atomic E-state index is 12.5. The van der Waals surface area contributed by atoms with Gasteiger partial charge in [0.2, 0.25) is 5.91 Å². The minimum atomic E-state index is -4.53. The van der Waals surface area contributed by atoms with Gasteiger partial charge in [-0.2, -0.15) is 13.2 Å². The zero-order chi connectivity index (χ0) is 16.3. The average molecular weight is 322 g/mol. The second-order valence-electron chi connectivity index (χ2n) is 4.51. The fraction of sp³-hybridized carbons (Fsp3) is 0.417. The van der Waals surface area contributed by atoms with Crippen molar-refractivity contribution in [1.82, 2.24) is 10.3 Å². The van der Waals surface area contributed by atoms with Crippen molar-refractivity contribution in [2.45, 2.75) is 25.6 Å². The molecular formula is C12H13F3N2O3S. The van der Waals surface area contributed by atoms with Crippen molar-refractivity contribution >= 4 is 23.2 Å². The number of esters is 1. The van der Waals surface area contributed by atoms with Crippen molar-refractivity contribution in [3.05, 3.63) is 28.2 Å². The van der Waals surface area contributed by atoms with Crippen LogP contribution >= 0.6 is 11.3 Å². The molecule has 0 aliphatic heterocycles. The summed E-state index contributed by atoms with van der Waals surface area (Å²) in [6.07, 6.45) is -2.68. The second-order valence-corrected chi connectivity index (χ2v) is 5.36. The number of ether oxygens (including phenoxy) is 1. The van der Waals surface area contributed by atoms with E-state index in [9.17, 15) is 22.8 Å². The van der Waals surface area contributed by atoms with Crippen LogP contribution in [0.1, 0.15) is 24.5 Å². The highest BCUT2D eigenvalue weighted by atomic mass is 32.1. The molecule has 0 aliphatic carbocycles. The van der Waals surface area contributed by atoms with E-state index >= 15 is 0 Å². The van der Waals surface area contributed by atoms with E-state index in [-0.39, 0.29) is 5.01 Å². The number of hydrogen-bond acceptors (Lipinski definition) is 5. The van der Waals surface area contributed by atoms with Crippen molar-refractivity contribution in [2.24, 2.45) is 0 Å². The number of alkyl halides is 3. The normalized spacial score (nSPS) is 12.5. The summed E-state index contributed by atoms with van der Waals surface area (Å²) in [5.41, 5.74) is -2.11. The molecule has 0 saturated heterocycles. The van der Waals surface area contributed by atoms with E-state index in [2.05, 4.69) is 15.0 Å². The van der Waals surface area contributed by atoms with Gasteiger partial charge in [-0.1, -0.05) is 0 Å². The van der Waals surface area contributed by atoms with Crippen molar-refractivity contribution in [1.29, 1.82) is 0 Å². The molecule has 1 aromatic rings. The monoisotopic (exact) mass is 322 g/mol. The molecular weight excluding hydrogens is 309 g/mol. The summed E-state index contributed by atoms with van der Waals surface area (Å²) in [4.78, 5) is 25.9. The predicted octanol–water partition coefficient (Wildman–Crippen LogP) is 2.24. The first kappa shape index (κ1) is 17.2. The predicted molar refractivity (Wildman–Crippen MR) is 69.4 cm³/mol. The molecule has 21 heavy (non-hydrogen) atoms. The van der Waals surface area contributed by atoms with Crippen molar-refractivity contribution in [3.63, 3.8) is 0 Å². The van der Waals surface area contributed by atoms with Gasteiger partial charge in [-0.3, -0.25) is 4.79 Å². The van der Waals surface area contributed by atoms with Gasteiger partial charge in [0.15, 0.2) is 5.69 Å². The number of nitrogens with one attached hydrogen (secondary N) is 1. The van der Waals surface area contributed by atoms with E-state index in [1.165, 1.54) is 13.8 Å². The molecule has 0 bridgehead atoms. The lowest BCUT2D eigenvalue weighted by atomic mass is 10.1.